The Kier molecular flexibility index (Phi) is 9.31. The second-order valence-corrected chi connectivity index (χ2v) is 4.86. The van der Waals surface area contributed by atoms with E-state index in [-0.39, 0.29) is 18.7 Å². The minimum absolute atomic E-state index is 0.224. The molecular weight excluding hydrogens is 278 g/mol. The minimum Gasteiger partial charge on any atom is -0.480 e. The molecule has 8 nitrogen and oxygen atoms in total. The number of amides is 2. The van der Waals surface area contributed by atoms with Crippen LogP contribution < -0.4 is 16.4 Å². The molecule has 122 valence electrons. The number of carbonyl (C=O) groups excluding carboxylic acids is 2. The van der Waals surface area contributed by atoms with E-state index in [2.05, 4.69) is 10.6 Å². The van der Waals surface area contributed by atoms with E-state index in [0.29, 0.717) is 19.4 Å². The van der Waals surface area contributed by atoms with Gasteiger partial charge in [-0.05, 0) is 32.7 Å². The van der Waals surface area contributed by atoms with Crippen molar-refractivity contribution in [1.29, 1.82) is 0 Å². The van der Waals surface area contributed by atoms with Crippen LogP contribution in [0.1, 0.15) is 39.5 Å². The molecule has 3 unspecified atom stereocenters. The number of aliphatic hydroxyl groups is 1. The van der Waals surface area contributed by atoms with Gasteiger partial charge in [-0.3, -0.25) is 14.4 Å². The van der Waals surface area contributed by atoms with Gasteiger partial charge in [0.25, 0.3) is 0 Å². The fraction of sp³-hybridized carbons (Fsp3) is 0.769. The molecule has 0 spiro atoms. The quantitative estimate of drug-likeness (QED) is 0.349. The Bertz CT molecular complexity index is 362. The summed E-state index contributed by atoms with van der Waals surface area (Å²) in [7, 11) is 0. The van der Waals surface area contributed by atoms with Gasteiger partial charge in [0.05, 0.1) is 6.10 Å². The summed E-state index contributed by atoms with van der Waals surface area (Å²) in [5, 5.41) is 23.5. The lowest BCUT2D eigenvalue weighted by Crippen LogP contribution is -2.55. The normalized spacial score (nSPS) is 14.9. The van der Waals surface area contributed by atoms with Crippen molar-refractivity contribution < 1.29 is 24.6 Å². The standard InChI is InChI=1S/C13H25N3O5/c1-3-5-10(18)16-11(9(17)6-4-7-14)12(19)15-8(2)13(20)21/h8-9,11,17H,3-7,14H2,1-2H3,(H,15,19)(H,16,18)(H,20,21). The predicted molar refractivity (Wildman–Crippen MR) is 76.4 cm³/mol. The fourth-order valence-electron chi connectivity index (χ4n) is 1.67. The SMILES string of the molecule is CCCC(=O)NC(C(=O)NC(C)C(=O)O)C(O)CCCN. The van der Waals surface area contributed by atoms with Crippen molar-refractivity contribution in [2.24, 2.45) is 5.73 Å². The molecule has 8 heteroatoms. The summed E-state index contributed by atoms with van der Waals surface area (Å²) in [6.45, 7) is 3.46. The summed E-state index contributed by atoms with van der Waals surface area (Å²) >= 11 is 0. The molecule has 0 rings (SSSR count). The Morgan fingerprint density at radius 1 is 1.24 bits per heavy atom. The van der Waals surface area contributed by atoms with Crippen LogP contribution in [0.15, 0.2) is 0 Å². The first kappa shape index (κ1) is 19.3. The molecule has 0 radical (unpaired) electrons. The molecule has 6 N–H and O–H groups in total. The van der Waals surface area contributed by atoms with Crippen LogP contribution in [0, 0.1) is 0 Å². The van der Waals surface area contributed by atoms with Gasteiger partial charge in [-0.25, -0.2) is 0 Å². The summed E-state index contributed by atoms with van der Waals surface area (Å²) in [5.41, 5.74) is 5.35. The number of carboxylic acid groups (broad SMARTS) is 1. The molecule has 0 aromatic rings. The number of hydrogen-bond donors (Lipinski definition) is 5. The molecule has 2 amide bonds. The van der Waals surface area contributed by atoms with Crippen molar-refractivity contribution in [2.75, 3.05) is 6.54 Å². The third kappa shape index (κ3) is 7.62. The van der Waals surface area contributed by atoms with Gasteiger partial charge in [0.1, 0.15) is 12.1 Å². The molecule has 0 bridgehead atoms. The number of carbonyl (C=O) groups is 3. The zero-order chi connectivity index (χ0) is 16.4. The molecule has 0 aliphatic rings. The zero-order valence-corrected chi connectivity index (χ0v) is 12.5. The van der Waals surface area contributed by atoms with Crippen molar-refractivity contribution in [3.63, 3.8) is 0 Å². The number of nitrogens with one attached hydrogen (secondary N) is 2. The molecule has 0 aliphatic carbocycles. The highest BCUT2D eigenvalue weighted by Crippen LogP contribution is 2.04. The van der Waals surface area contributed by atoms with E-state index in [1.807, 2.05) is 6.92 Å². The van der Waals surface area contributed by atoms with Gasteiger partial charge in [0, 0.05) is 6.42 Å². The zero-order valence-electron chi connectivity index (χ0n) is 12.5. The van der Waals surface area contributed by atoms with Gasteiger partial charge in [-0.15, -0.1) is 0 Å². The molecule has 0 aromatic heterocycles. The number of aliphatic carboxylic acids is 1. The first-order chi connectivity index (χ1) is 9.83. The van der Waals surface area contributed by atoms with Crippen molar-refractivity contribution in [2.45, 2.75) is 57.7 Å². The molecule has 0 aliphatic heterocycles. The lowest BCUT2D eigenvalue weighted by Gasteiger charge is -2.24. The maximum atomic E-state index is 12.0. The molecule has 0 heterocycles. The highest BCUT2D eigenvalue weighted by atomic mass is 16.4. The Balaban J connectivity index is 4.80. The molecule has 0 fully saturated rings. The number of carboxylic acids is 1. The first-order valence-electron chi connectivity index (χ1n) is 7.04. The maximum Gasteiger partial charge on any atom is 0.325 e. The van der Waals surface area contributed by atoms with Gasteiger partial charge in [0.15, 0.2) is 0 Å². The number of hydrogen-bond acceptors (Lipinski definition) is 5. The van der Waals surface area contributed by atoms with Crippen LogP contribution in [-0.2, 0) is 14.4 Å². The summed E-state index contributed by atoms with van der Waals surface area (Å²) in [6, 6.07) is -2.29. The number of nitrogens with two attached hydrogens (primary N) is 1. The van der Waals surface area contributed by atoms with Crippen LogP contribution in [0.25, 0.3) is 0 Å². The molecule has 3 atom stereocenters. The minimum atomic E-state index is -1.20. The van der Waals surface area contributed by atoms with Crippen LogP contribution in [0.5, 0.6) is 0 Å². The highest BCUT2D eigenvalue weighted by Gasteiger charge is 2.29. The van der Waals surface area contributed by atoms with Gasteiger partial charge in [0.2, 0.25) is 11.8 Å². The highest BCUT2D eigenvalue weighted by molar-refractivity contribution is 5.90. The number of rotatable bonds is 10. The van der Waals surface area contributed by atoms with Gasteiger partial charge in [-0.2, -0.15) is 0 Å². The Morgan fingerprint density at radius 3 is 2.33 bits per heavy atom. The summed E-state index contributed by atoms with van der Waals surface area (Å²) in [4.78, 5) is 34.4. The van der Waals surface area contributed by atoms with Gasteiger partial charge < -0.3 is 26.6 Å². The summed E-state index contributed by atoms with van der Waals surface area (Å²) < 4.78 is 0. The van der Waals surface area contributed by atoms with E-state index in [0.717, 1.165) is 0 Å². The molecule has 0 saturated heterocycles. The van der Waals surface area contributed by atoms with E-state index in [1.54, 1.807) is 0 Å². The topological polar surface area (TPSA) is 142 Å². The fourth-order valence-corrected chi connectivity index (χ4v) is 1.67. The molecule has 0 aromatic carbocycles. The average molecular weight is 303 g/mol. The predicted octanol–water partition coefficient (Wildman–Crippen LogP) is -1.04. The number of aliphatic hydroxyl groups excluding tert-OH is 1. The Hall–Kier alpha value is -1.67. The van der Waals surface area contributed by atoms with E-state index in [9.17, 15) is 19.5 Å². The Labute approximate surface area is 124 Å². The molecule has 0 saturated carbocycles. The van der Waals surface area contributed by atoms with Crippen LogP contribution in [0.2, 0.25) is 0 Å². The van der Waals surface area contributed by atoms with Crippen LogP contribution in [-0.4, -0.2) is 52.7 Å². The summed E-state index contributed by atoms with van der Waals surface area (Å²) in [6.07, 6.45) is 0.438. The van der Waals surface area contributed by atoms with Crippen LogP contribution in [0.4, 0.5) is 0 Å². The second-order valence-electron chi connectivity index (χ2n) is 4.86. The molecular formula is C13H25N3O5. The van der Waals surface area contributed by atoms with Gasteiger partial charge >= 0.3 is 5.97 Å². The van der Waals surface area contributed by atoms with Crippen molar-refractivity contribution in [3.8, 4) is 0 Å². The van der Waals surface area contributed by atoms with Crippen LogP contribution in [0.3, 0.4) is 0 Å². The smallest absolute Gasteiger partial charge is 0.325 e. The monoisotopic (exact) mass is 303 g/mol. The maximum absolute atomic E-state index is 12.0. The Morgan fingerprint density at radius 2 is 1.86 bits per heavy atom. The lowest BCUT2D eigenvalue weighted by molar-refractivity contribution is -0.142. The second kappa shape index (κ2) is 10.1. The van der Waals surface area contributed by atoms with E-state index >= 15 is 0 Å². The van der Waals surface area contributed by atoms with Crippen molar-refractivity contribution in [1.82, 2.24) is 10.6 Å². The van der Waals surface area contributed by atoms with E-state index in [1.165, 1.54) is 6.92 Å². The average Bonchev–Trinajstić information content (AvgIpc) is 2.42. The van der Waals surface area contributed by atoms with Crippen LogP contribution >= 0.6 is 0 Å². The summed E-state index contributed by atoms with van der Waals surface area (Å²) in [5.74, 6) is -2.29. The van der Waals surface area contributed by atoms with Crippen molar-refractivity contribution >= 4 is 17.8 Å². The lowest BCUT2D eigenvalue weighted by atomic mass is 10.0. The van der Waals surface area contributed by atoms with Gasteiger partial charge in [-0.1, -0.05) is 6.92 Å². The van der Waals surface area contributed by atoms with E-state index < -0.39 is 30.1 Å². The third-order valence-electron chi connectivity index (χ3n) is 2.89. The third-order valence-corrected chi connectivity index (χ3v) is 2.89. The van der Waals surface area contributed by atoms with Crippen molar-refractivity contribution in [3.05, 3.63) is 0 Å². The molecule has 21 heavy (non-hydrogen) atoms. The van der Waals surface area contributed by atoms with E-state index in [4.69, 9.17) is 10.8 Å². The largest absolute Gasteiger partial charge is 0.480 e. The first-order valence-corrected chi connectivity index (χ1v) is 7.04.